The van der Waals surface area contributed by atoms with Crippen LogP contribution < -0.4 is 0 Å². The predicted octanol–water partition coefficient (Wildman–Crippen LogP) is 2.82. The van der Waals surface area contributed by atoms with Crippen molar-refractivity contribution in [1.82, 2.24) is 19.6 Å². The molecule has 0 aliphatic rings. The monoisotopic (exact) mass is 294 g/mol. The van der Waals surface area contributed by atoms with Crippen molar-refractivity contribution in [2.24, 2.45) is 0 Å². The number of aryl methyl sites for hydroxylation is 4. The van der Waals surface area contributed by atoms with Gasteiger partial charge in [0.1, 0.15) is 5.69 Å². The quantitative estimate of drug-likeness (QED) is 0.797. The van der Waals surface area contributed by atoms with E-state index < -0.39 is 0 Å². The molecule has 0 radical (unpaired) electrons. The summed E-state index contributed by atoms with van der Waals surface area (Å²) in [5.74, 6) is 0.0175. The zero-order valence-electron chi connectivity index (χ0n) is 12.3. The third-order valence-corrected chi connectivity index (χ3v) is 3.76. The van der Waals surface area contributed by atoms with E-state index in [1.165, 1.54) is 0 Å². The minimum atomic E-state index is 0.0175. The topological polar surface area (TPSA) is 52.7 Å². The fourth-order valence-electron chi connectivity index (χ4n) is 2.29. The van der Waals surface area contributed by atoms with Crippen LogP contribution in [-0.2, 0) is 19.5 Å². The Bertz CT molecular complexity index is 642. The van der Waals surface area contributed by atoms with E-state index in [4.69, 9.17) is 11.6 Å². The first-order valence-corrected chi connectivity index (χ1v) is 7.15. The van der Waals surface area contributed by atoms with E-state index in [1.807, 2.05) is 33.8 Å². The molecule has 0 atom stereocenters. The maximum absolute atomic E-state index is 12.5. The zero-order valence-corrected chi connectivity index (χ0v) is 13.0. The van der Waals surface area contributed by atoms with Gasteiger partial charge in [-0.1, -0.05) is 11.6 Å². The van der Waals surface area contributed by atoms with Crippen LogP contribution in [0.25, 0.3) is 0 Å². The summed E-state index contributed by atoms with van der Waals surface area (Å²) in [7, 11) is 0. The first kappa shape index (κ1) is 14.8. The fourth-order valence-corrected chi connectivity index (χ4v) is 2.49. The molecule has 0 saturated carbocycles. The summed E-state index contributed by atoms with van der Waals surface area (Å²) in [6.45, 7) is 9.06. The third-order valence-electron chi connectivity index (χ3n) is 3.27. The molecular weight excluding hydrogens is 276 g/mol. The van der Waals surface area contributed by atoms with Crippen LogP contribution in [0.4, 0.5) is 0 Å². The van der Waals surface area contributed by atoms with Crippen LogP contribution in [0.3, 0.4) is 0 Å². The van der Waals surface area contributed by atoms with Crippen LogP contribution in [-0.4, -0.2) is 25.3 Å². The second-order valence-corrected chi connectivity index (χ2v) is 5.13. The Morgan fingerprint density at radius 1 is 1.20 bits per heavy atom. The second-order valence-electron chi connectivity index (χ2n) is 4.75. The van der Waals surface area contributed by atoms with E-state index in [9.17, 15) is 4.79 Å². The summed E-state index contributed by atoms with van der Waals surface area (Å²) in [5, 5.41) is 9.22. The van der Waals surface area contributed by atoms with Crippen LogP contribution >= 0.6 is 11.6 Å². The SMILES string of the molecule is CCn1nc(C)cc1C(=O)Cc1c(Cl)c(C)nn1CC. The largest absolute Gasteiger partial charge is 0.292 e. The second kappa shape index (κ2) is 5.79. The molecule has 0 fully saturated rings. The molecule has 108 valence electrons. The fraction of sp³-hybridized carbons (Fsp3) is 0.500. The molecule has 5 nitrogen and oxygen atoms in total. The molecule has 20 heavy (non-hydrogen) atoms. The standard InChI is InChI=1S/C14H19ClN4O/c1-5-18-11(7-9(3)16-18)13(20)8-12-14(15)10(4)17-19(12)6-2/h7H,5-6,8H2,1-4H3. The molecular formula is C14H19ClN4O. The van der Waals surface area contributed by atoms with Gasteiger partial charge in [0, 0.05) is 13.1 Å². The average molecular weight is 295 g/mol. The normalized spacial score (nSPS) is 11.1. The van der Waals surface area contributed by atoms with Crippen molar-refractivity contribution < 1.29 is 4.79 Å². The minimum absolute atomic E-state index is 0.0175. The summed E-state index contributed by atoms with van der Waals surface area (Å²) in [4.78, 5) is 12.5. The highest BCUT2D eigenvalue weighted by Gasteiger charge is 2.19. The molecule has 2 rings (SSSR count). The molecule has 6 heteroatoms. The van der Waals surface area contributed by atoms with Gasteiger partial charge in [-0.05, 0) is 33.8 Å². The number of ketones is 1. The van der Waals surface area contributed by atoms with Gasteiger partial charge in [0.2, 0.25) is 0 Å². The molecule has 2 heterocycles. The van der Waals surface area contributed by atoms with Gasteiger partial charge in [-0.15, -0.1) is 0 Å². The molecule has 0 aliphatic carbocycles. The maximum Gasteiger partial charge on any atom is 0.186 e. The summed E-state index contributed by atoms with van der Waals surface area (Å²) in [5.41, 5.74) is 3.01. The van der Waals surface area contributed by atoms with Gasteiger partial charge in [0.15, 0.2) is 5.78 Å². The molecule has 0 bridgehead atoms. The first-order valence-electron chi connectivity index (χ1n) is 6.77. The lowest BCUT2D eigenvalue weighted by molar-refractivity contribution is 0.0980. The molecule has 0 spiro atoms. The number of carbonyl (C=O) groups excluding carboxylic acids is 1. The Balaban J connectivity index is 2.32. The van der Waals surface area contributed by atoms with Gasteiger partial charge in [0.05, 0.1) is 28.5 Å². The van der Waals surface area contributed by atoms with E-state index in [0.29, 0.717) is 23.8 Å². The molecule has 0 saturated heterocycles. The van der Waals surface area contributed by atoms with Gasteiger partial charge in [-0.3, -0.25) is 14.2 Å². The third kappa shape index (κ3) is 2.63. The molecule has 0 aromatic carbocycles. The summed E-state index contributed by atoms with van der Waals surface area (Å²) < 4.78 is 3.51. The minimum Gasteiger partial charge on any atom is -0.292 e. The van der Waals surface area contributed by atoms with Crippen LogP contribution in [0.2, 0.25) is 5.02 Å². The number of carbonyl (C=O) groups is 1. The Labute approximate surface area is 123 Å². The summed E-state index contributed by atoms with van der Waals surface area (Å²) in [6, 6.07) is 1.82. The van der Waals surface area contributed by atoms with Gasteiger partial charge >= 0.3 is 0 Å². The van der Waals surface area contributed by atoms with Gasteiger partial charge in [-0.25, -0.2) is 0 Å². The number of Topliss-reactive ketones (excluding diaryl/α,β-unsaturated/α-hetero) is 1. The zero-order chi connectivity index (χ0) is 14.9. The van der Waals surface area contributed by atoms with Crippen LogP contribution in [0.5, 0.6) is 0 Å². The van der Waals surface area contributed by atoms with Crippen molar-refractivity contribution in [2.45, 2.75) is 47.2 Å². The molecule has 0 unspecified atom stereocenters. The first-order chi connectivity index (χ1) is 9.47. The summed E-state index contributed by atoms with van der Waals surface area (Å²) >= 11 is 6.25. The van der Waals surface area contributed by atoms with Crippen LogP contribution in [0.1, 0.15) is 41.4 Å². The number of hydrogen-bond acceptors (Lipinski definition) is 3. The molecule has 0 N–H and O–H groups in total. The maximum atomic E-state index is 12.5. The highest BCUT2D eigenvalue weighted by Crippen LogP contribution is 2.22. The van der Waals surface area contributed by atoms with E-state index in [0.717, 1.165) is 17.1 Å². The lowest BCUT2D eigenvalue weighted by Gasteiger charge is -2.06. The smallest absolute Gasteiger partial charge is 0.186 e. The molecule has 0 aliphatic heterocycles. The number of aromatic nitrogens is 4. The van der Waals surface area contributed by atoms with Crippen molar-refractivity contribution in [2.75, 3.05) is 0 Å². The Morgan fingerprint density at radius 3 is 2.45 bits per heavy atom. The van der Waals surface area contributed by atoms with Gasteiger partial charge < -0.3 is 0 Å². The Morgan fingerprint density at radius 2 is 1.85 bits per heavy atom. The number of rotatable bonds is 5. The lowest BCUT2D eigenvalue weighted by atomic mass is 10.1. The van der Waals surface area contributed by atoms with Crippen molar-refractivity contribution in [3.8, 4) is 0 Å². The Hall–Kier alpha value is -1.62. The van der Waals surface area contributed by atoms with Crippen LogP contribution in [0, 0.1) is 13.8 Å². The average Bonchev–Trinajstić information content (AvgIpc) is 2.93. The highest BCUT2D eigenvalue weighted by molar-refractivity contribution is 6.32. The van der Waals surface area contributed by atoms with Crippen molar-refractivity contribution in [3.05, 3.63) is 33.9 Å². The van der Waals surface area contributed by atoms with Gasteiger partial charge in [0.25, 0.3) is 0 Å². The lowest BCUT2D eigenvalue weighted by Crippen LogP contribution is -2.14. The van der Waals surface area contributed by atoms with E-state index >= 15 is 0 Å². The number of hydrogen-bond donors (Lipinski definition) is 0. The predicted molar refractivity (Wildman–Crippen MR) is 78.3 cm³/mol. The van der Waals surface area contributed by atoms with Crippen molar-refractivity contribution in [3.63, 3.8) is 0 Å². The van der Waals surface area contributed by atoms with E-state index in [2.05, 4.69) is 10.2 Å². The molecule has 2 aromatic heterocycles. The van der Waals surface area contributed by atoms with Crippen LogP contribution in [0.15, 0.2) is 6.07 Å². The Kier molecular flexibility index (Phi) is 4.28. The summed E-state index contributed by atoms with van der Waals surface area (Å²) in [6.07, 6.45) is 0.249. The molecule has 2 aromatic rings. The highest BCUT2D eigenvalue weighted by atomic mass is 35.5. The number of nitrogens with zero attached hydrogens (tertiary/aromatic N) is 4. The number of halogens is 1. The van der Waals surface area contributed by atoms with E-state index in [-0.39, 0.29) is 12.2 Å². The van der Waals surface area contributed by atoms with Crippen molar-refractivity contribution in [1.29, 1.82) is 0 Å². The van der Waals surface area contributed by atoms with Crippen molar-refractivity contribution >= 4 is 17.4 Å². The molecule has 0 amide bonds. The van der Waals surface area contributed by atoms with E-state index in [1.54, 1.807) is 9.36 Å². The van der Waals surface area contributed by atoms with Gasteiger partial charge in [-0.2, -0.15) is 10.2 Å².